The lowest BCUT2D eigenvalue weighted by Gasteiger charge is -2.12. The number of rotatable bonds is 6. The van der Waals surface area contributed by atoms with Crippen LogP contribution in [0.25, 0.3) is 22.2 Å². The molecule has 37 heavy (non-hydrogen) atoms. The molecule has 0 radical (unpaired) electrons. The van der Waals surface area contributed by atoms with E-state index in [4.69, 9.17) is 21.3 Å². The number of hydrogen-bond donors (Lipinski definition) is 1. The summed E-state index contributed by atoms with van der Waals surface area (Å²) >= 11 is 5.92. The minimum atomic E-state index is -0.546. The fourth-order valence-corrected chi connectivity index (χ4v) is 4.03. The first-order chi connectivity index (χ1) is 17.8. The van der Waals surface area contributed by atoms with E-state index in [9.17, 15) is 14.9 Å². The van der Waals surface area contributed by atoms with Crippen LogP contribution in [0.3, 0.4) is 0 Å². The van der Waals surface area contributed by atoms with Crippen LogP contribution in [0.1, 0.15) is 16.1 Å². The smallest absolute Gasteiger partial charge is 0.275 e. The van der Waals surface area contributed by atoms with E-state index in [1.54, 1.807) is 47.3 Å². The van der Waals surface area contributed by atoms with Gasteiger partial charge in [-0.1, -0.05) is 29.8 Å². The molecule has 2 aromatic heterocycles. The van der Waals surface area contributed by atoms with Crippen LogP contribution in [0.2, 0.25) is 5.02 Å². The van der Waals surface area contributed by atoms with Gasteiger partial charge >= 0.3 is 0 Å². The maximum Gasteiger partial charge on any atom is 0.275 e. The third kappa shape index (κ3) is 4.98. The van der Waals surface area contributed by atoms with Gasteiger partial charge in [-0.15, -0.1) is 0 Å². The van der Waals surface area contributed by atoms with Crippen molar-refractivity contribution in [1.29, 1.82) is 0 Å². The summed E-state index contributed by atoms with van der Waals surface area (Å²) in [5.41, 5.74) is 3.29. The average molecular weight is 514 g/mol. The molecule has 0 aliphatic rings. The molecule has 0 saturated carbocycles. The van der Waals surface area contributed by atoms with Gasteiger partial charge in [0.2, 0.25) is 0 Å². The molecule has 0 bridgehead atoms. The zero-order valence-corrected chi connectivity index (χ0v) is 20.6. The number of aromatic nitrogens is 3. The number of carbonyl (C=O) groups excluding carboxylic acids is 1. The number of pyridine rings is 1. The standard InChI is InChI=1S/C27H20ClN5O4/c1-16-24(15-29-32(16)2)26-14-23(22-5-3-4-6-25(22)31-26)27(34)30-18-11-19(33(35)36)13-21(12-18)37-20-9-7-17(28)8-10-20/h3-15H,1-2H3,(H,30,34). The number of hydrogen-bond acceptors (Lipinski definition) is 6. The second kappa shape index (κ2) is 9.71. The summed E-state index contributed by atoms with van der Waals surface area (Å²) in [7, 11) is 1.83. The Labute approximate surface area is 216 Å². The van der Waals surface area contributed by atoms with Crippen LogP contribution in [-0.2, 0) is 7.05 Å². The van der Waals surface area contributed by atoms with Crippen LogP contribution in [-0.4, -0.2) is 25.6 Å². The Morgan fingerprint density at radius 3 is 2.51 bits per heavy atom. The van der Waals surface area contributed by atoms with Gasteiger partial charge in [0, 0.05) is 40.8 Å². The van der Waals surface area contributed by atoms with Gasteiger partial charge in [0.1, 0.15) is 11.5 Å². The first-order valence-electron chi connectivity index (χ1n) is 11.2. The number of nitro groups is 1. The van der Waals surface area contributed by atoms with Gasteiger partial charge in [-0.25, -0.2) is 4.98 Å². The summed E-state index contributed by atoms with van der Waals surface area (Å²) < 4.78 is 7.51. The first kappa shape index (κ1) is 24.0. The molecule has 5 aromatic rings. The number of para-hydroxylation sites is 1. The highest BCUT2D eigenvalue weighted by atomic mass is 35.5. The second-order valence-corrected chi connectivity index (χ2v) is 8.76. The molecule has 184 valence electrons. The highest BCUT2D eigenvalue weighted by molar-refractivity contribution is 6.30. The maximum absolute atomic E-state index is 13.5. The number of nitrogens with zero attached hydrogens (tertiary/aromatic N) is 4. The van der Waals surface area contributed by atoms with Crippen LogP contribution >= 0.6 is 11.6 Å². The van der Waals surface area contributed by atoms with Crippen LogP contribution < -0.4 is 10.1 Å². The summed E-state index contributed by atoms with van der Waals surface area (Å²) in [6.45, 7) is 1.92. The SMILES string of the molecule is Cc1c(-c2cc(C(=O)Nc3cc(Oc4ccc(Cl)cc4)cc([N+](=O)[O-])c3)c3ccccc3n2)cnn1C. The molecule has 0 aliphatic carbocycles. The van der Waals surface area contributed by atoms with Crippen molar-refractivity contribution in [3.05, 3.63) is 105 Å². The van der Waals surface area contributed by atoms with E-state index in [2.05, 4.69) is 10.4 Å². The Balaban J connectivity index is 1.53. The molecule has 1 N–H and O–H groups in total. The molecule has 2 heterocycles. The van der Waals surface area contributed by atoms with Crippen LogP contribution in [0.15, 0.2) is 79.0 Å². The fraction of sp³-hybridized carbons (Fsp3) is 0.0741. The minimum absolute atomic E-state index is 0.193. The summed E-state index contributed by atoms with van der Waals surface area (Å²) in [6.07, 6.45) is 1.70. The summed E-state index contributed by atoms with van der Waals surface area (Å²) in [5.74, 6) is 0.191. The van der Waals surface area contributed by atoms with Gasteiger partial charge < -0.3 is 10.1 Å². The fourth-order valence-electron chi connectivity index (χ4n) is 3.91. The van der Waals surface area contributed by atoms with Crippen molar-refractivity contribution in [2.45, 2.75) is 6.92 Å². The number of anilines is 1. The number of halogens is 1. The van der Waals surface area contributed by atoms with E-state index in [-0.39, 0.29) is 17.1 Å². The van der Waals surface area contributed by atoms with Crippen molar-refractivity contribution in [3.8, 4) is 22.8 Å². The van der Waals surface area contributed by atoms with E-state index in [0.29, 0.717) is 32.9 Å². The molecule has 3 aromatic carbocycles. The minimum Gasteiger partial charge on any atom is -0.457 e. The number of fused-ring (bicyclic) bond motifs is 1. The number of carbonyl (C=O) groups is 1. The van der Waals surface area contributed by atoms with Crippen molar-refractivity contribution in [3.63, 3.8) is 0 Å². The highest BCUT2D eigenvalue weighted by Gasteiger charge is 2.18. The van der Waals surface area contributed by atoms with Crippen molar-refractivity contribution in [2.24, 2.45) is 7.05 Å². The Hall–Kier alpha value is -4.76. The van der Waals surface area contributed by atoms with Crippen LogP contribution in [0.5, 0.6) is 11.5 Å². The van der Waals surface area contributed by atoms with Gasteiger partial charge in [0.25, 0.3) is 11.6 Å². The normalized spacial score (nSPS) is 10.9. The van der Waals surface area contributed by atoms with Crippen molar-refractivity contribution in [1.82, 2.24) is 14.8 Å². The highest BCUT2D eigenvalue weighted by Crippen LogP contribution is 2.32. The van der Waals surface area contributed by atoms with Gasteiger partial charge in [-0.2, -0.15) is 5.10 Å². The molecule has 1 amide bonds. The van der Waals surface area contributed by atoms with Gasteiger partial charge in [0.05, 0.1) is 39.6 Å². The molecule has 10 heteroatoms. The molecular formula is C27H20ClN5O4. The summed E-state index contributed by atoms with van der Waals surface area (Å²) in [5, 5.41) is 19.8. The predicted molar refractivity (Wildman–Crippen MR) is 141 cm³/mol. The molecule has 0 atom stereocenters. The first-order valence-corrected chi connectivity index (χ1v) is 11.6. The van der Waals surface area contributed by atoms with E-state index >= 15 is 0 Å². The van der Waals surface area contributed by atoms with Crippen molar-refractivity contribution in [2.75, 3.05) is 5.32 Å². The second-order valence-electron chi connectivity index (χ2n) is 8.32. The Bertz CT molecular complexity index is 1660. The van der Waals surface area contributed by atoms with Gasteiger partial charge in [0.15, 0.2) is 0 Å². The molecule has 0 saturated heterocycles. The van der Waals surface area contributed by atoms with E-state index in [1.165, 1.54) is 18.2 Å². The van der Waals surface area contributed by atoms with Crippen molar-refractivity contribution >= 4 is 39.8 Å². The Kier molecular flexibility index (Phi) is 6.29. The number of ether oxygens (including phenoxy) is 1. The van der Waals surface area contributed by atoms with E-state index < -0.39 is 10.8 Å². The number of nitro benzene ring substituents is 1. The number of amides is 1. The number of benzene rings is 3. The molecule has 5 rings (SSSR count). The zero-order chi connectivity index (χ0) is 26.1. The molecule has 9 nitrogen and oxygen atoms in total. The van der Waals surface area contributed by atoms with Gasteiger partial charge in [-0.3, -0.25) is 19.6 Å². The van der Waals surface area contributed by atoms with E-state index in [1.807, 2.05) is 32.2 Å². The largest absolute Gasteiger partial charge is 0.457 e. The van der Waals surface area contributed by atoms with E-state index in [0.717, 1.165) is 11.3 Å². The number of nitrogens with one attached hydrogen (secondary N) is 1. The molecule has 0 spiro atoms. The summed E-state index contributed by atoms with van der Waals surface area (Å²) in [4.78, 5) is 29.3. The van der Waals surface area contributed by atoms with Crippen LogP contribution in [0.4, 0.5) is 11.4 Å². The maximum atomic E-state index is 13.5. The molecule has 0 fully saturated rings. The monoisotopic (exact) mass is 513 g/mol. The number of non-ortho nitro benzene ring substituents is 1. The lowest BCUT2D eigenvalue weighted by Crippen LogP contribution is -2.13. The molecular weight excluding hydrogens is 494 g/mol. The summed E-state index contributed by atoms with van der Waals surface area (Å²) in [6, 6.07) is 19.7. The Morgan fingerprint density at radius 1 is 1.05 bits per heavy atom. The topological polar surface area (TPSA) is 112 Å². The molecule has 0 unspecified atom stereocenters. The van der Waals surface area contributed by atoms with Gasteiger partial charge in [-0.05, 0) is 43.3 Å². The predicted octanol–water partition coefficient (Wildman–Crippen LogP) is 6.55. The third-order valence-corrected chi connectivity index (χ3v) is 6.13. The average Bonchev–Trinajstić information content (AvgIpc) is 3.22. The molecule has 0 aliphatic heterocycles. The number of aryl methyl sites for hydroxylation is 1. The quantitative estimate of drug-likeness (QED) is 0.203. The third-order valence-electron chi connectivity index (χ3n) is 5.88. The lowest BCUT2D eigenvalue weighted by molar-refractivity contribution is -0.384. The van der Waals surface area contributed by atoms with Crippen LogP contribution in [0, 0.1) is 17.0 Å². The lowest BCUT2D eigenvalue weighted by atomic mass is 10.0. The van der Waals surface area contributed by atoms with Crippen molar-refractivity contribution < 1.29 is 14.5 Å². The zero-order valence-electron chi connectivity index (χ0n) is 19.8. The Morgan fingerprint density at radius 2 is 1.81 bits per heavy atom.